The zero-order valence-corrected chi connectivity index (χ0v) is 19.4. The summed E-state index contributed by atoms with van der Waals surface area (Å²) in [4.78, 5) is 15.9. The Hall–Kier alpha value is -4.02. The molecule has 1 fully saturated rings. The molecule has 4 aromatic rings. The molecular formula is C28H25FN4O2. The highest BCUT2D eigenvalue weighted by Gasteiger charge is 2.26. The van der Waals surface area contributed by atoms with Gasteiger partial charge in [-0.1, -0.05) is 30.2 Å². The lowest BCUT2D eigenvalue weighted by Gasteiger charge is -2.25. The van der Waals surface area contributed by atoms with Gasteiger partial charge in [-0.25, -0.2) is 19.3 Å². The molecule has 1 aliphatic rings. The number of nitrogens with zero attached hydrogens (tertiary/aromatic N) is 4. The molecule has 0 aliphatic carbocycles. The van der Waals surface area contributed by atoms with E-state index in [1.807, 2.05) is 30.3 Å². The first-order chi connectivity index (χ1) is 17.2. The van der Waals surface area contributed by atoms with Crippen molar-refractivity contribution in [2.75, 3.05) is 20.3 Å². The first-order valence-corrected chi connectivity index (χ1v) is 11.6. The number of fused-ring (bicyclic) bond motifs is 1. The number of likely N-dealkylation sites (tertiary alicyclic amines) is 1. The molecule has 2 aromatic heterocycles. The van der Waals surface area contributed by atoms with Gasteiger partial charge in [0.2, 0.25) is 5.88 Å². The lowest BCUT2D eigenvalue weighted by molar-refractivity contribution is 0.162. The van der Waals surface area contributed by atoms with Gasteiger partial charge >= 0.3 is 0 Å². The third-order valence-corrected chi connectivity index (χ3v) is 6.04. The van der Waals surface area contributed by atoms with Gasteiger partial charge in [0.05, 0.1) is 7.11 Å². The van der Waals surface area contributed by atoms with Crippen molar-refractivity contribution >= 4 is 11.2 Å². The Morgan fingerprint density at radius 3 is 2.86 bits per heavy atom. The third kappa shape index (κ3) is 5.39. The zero-order chi connectivity index (χ0) is 24.0. The molecule has 3 heterocycles. The summed E-state index contributed by atoms with van der Waals surface area (Å²) in [7, 11) is 1.70. The Morgan fingerprint density at radius 1 is 1.06 bits per heavy atom. The molecule has 0 radical (unpaired) electrons. The minimum absolute atomic E-state index is 0.232. The molecule has 0 saturated carbocycles. The predicted molar refractivity (Wildman–Crippen MR) is 132 cm³/mol. The predicted octanol–water partition coefficient (Wildman–Crippen LogP) is 4.62. The lowest BCUT2D eigenvalue weighted by atomic mass is 10.1. The Bertz CT molecular complexity index is 1400. The van der Waals surface area contributed by atoms with Gasteiger partial charge in [0.25, 0.3) is 0 Å². The van der Waals surface area contributed by atoms with Crippen LogP contribution < -0.4 is 9.47 Å². The Morgan fingerprint density at radius 2 is 1.97 bits per heavy atom. The van der Waals surface area contributed by atoms with Gasteiger partial charge in [0.15, 0.2) is 11.3 Å². The highest BCUT2D eigenvalue weighted by Crippen LogP contribution is 2.26. The molecule has 1 atom stereocenters. The van der Waals surface area contributed by atoms with E-state index in [0.717, 1.165) is 37.2 Å². The summed E-state index contributed by atoms with van der Waals surface area (Å²) >= 11 is 0. The van der Waals surface area contributed by atoms with E-state index in [-0.39, 0.29) is 11.9 Å². The van der Waals surface area contributed by atoms with Gasteiger partial charge in [-0.15, -0.1) is 0 Å². The molecule has 6 nitrogen and oxygen atoms in total. The fourth-order valence-corrected chi connectivity index (χ4v) is 4.28. The molecule has 7 heteroatoms. The normalized spacial score (nSPS) is 15.5. The molecule has 0 amide bonds. The van der Waals surface area contributed by atoms with Crippen LogP contribution in [0.15, 0.2) is 66.9 Å². The van der Waals surface area contributed by atoms with Gasteiger partial charge in [0.1, 0.15) is 23.7 Å². The largest absolute Gasteiger partial charge is 0.496 e. The topological polar surface area (TPSA) is 60.4 Å². The van der Waals surface area contributed by atoms with E-state index in [0.29, 0.717) is 34.9 Å². The Balaban J connectivity index is 1.38. The van der Waals surface area contributed by atoms with Crippen LogP contribution in [-0.4, -0.2) is 46.2 Å². The van der Waals surface area contributed by atoms with Crippen LogP contribution in [0, 0.1) is 17.7 Å². The Labute approximate surface area is 203 Å². The van der Waals surface area contributed by atoms with Crippen molar-refractivity contribution in [3.63, 3.8) is 0 Å². The summed E-state index contributed by atoms with van der Waals surface area (Å²) in [5, 5.41) is 0. The van der Waals surface area contributed by atoms with Crippen LogP contribution in [0.2, 0.25) is 0 Å². The molecule has 1 saturated heterocycles. The van der Waals surface area contributed by atoms with Gasteiger partial charge in [-0.05, 0) is 61.7 Å². The van der Waals surface area contributed by atoms with Crippen LogP contribution >= 0.6 is 0 Å². The van der Waals surface area contributed by atoms with Crippen molar-refractivity contribution < 1.29 is 13.9 Å². The standard InChI is InChI=1S/C28H25FN4O2/c1-34-26-12-3-2-8-21(26)18-33-16-6-10-23(33)19-35-28-25(14-13-20-7-4-9-22(29)17-20)31-27-24(32-28)11-5-15-30-27/h2-5,7-9,11-12,15,17,23H,6,10,16,18-19H2,1H3/t23-/m0/s1. The van der Waals surface area contributed by atoms with Crippen molar-refractivity contribution in [1.82, 2.24) is 19.9 Å². The van der Waals surface area contributed by atoms with Crippen molar-refractivity contribution in [3.05, 3.63) is 89.5 Å². The van der Waals surface area contributed by atoms with Gasteiger partial charge in [-0.2, -0.15) is 0 Å². The molecule has 0 spiro atoms. The van der Waals surface area contributed by atoms with E-state index >= 15 is 0 Å². The summed E-state index contributed by atoms with van der Waals surface area (Å²) in [5.41, 5.74) is 3.21. The summed E-state index contributed by atoms with van der Waals surface area (Å²) < 4.78 is 25.3. The first-order valence-electron chi connectivity index (χ1n) is 11.6. The summed E-state index contributed by atoms with van der Waals surface area (Å²) in [6.45, 7) is 2.24. The van der Waals surface area contributed by atoms with Crippen LogP contribution in [0.3, 0.4) is 0 Å². The molecule has 35 heavy (non-hydrogen) atoms. The number of hydrogen-bond acceptors (Lipinski definition) is 6. The lowest BCUT2D eigenvalue weighted by Crippen LogP contribution is -2.34. The quantitative estimate of drug-likeness (QED) is 0.385. The first kappa shape index (κ1) is 22.8. The van der Waals surface area contributed by atoms with Crippen molar-refractivity contribution in [2.45, 2.75) is 25.4 Å². The second-order valence-corrected chi connectivity index (χ2v) is 8.37. The maximum atomic E-state index is 13.6. The number of rotatable bonds is 6. The van der Waals surface area contributed by atoms with Crippen LogP contribution in [0.25, 0.3) is 11.2 Å². The second kappa shape index (κ2) is 10.5. The van der Waals surface area contributed by atoms with E-state index in [1.165, 1.54) is 12.1 Å². The highest BCUT2D eigenvalue weighted by atomic mass is 19.1. The summed E-state index contributed by atoms with van der Waals surface area (Å²) in [6.07, 6.45) is 3.79. The maximum absolute atomic E-state index is 13.6. The number of benzene rings is 2. The van der Waals surface area contributed by atoms with E-state index < -0.39 is 0 Å². The monoisotopic (exact) mass is 468 g/mol. The van der Waals surface area contributed by atoms with Crippen LogP contribution in [0.5, 0.6) is 11.6 Å². The number of aromatic nitrogens is 3. The van der Waals surface area contributed by atoms with Gasteiger partial charge < -0.3 is 9.47 Å². The minimum atomic E-state index is -0.337. The number of pyridine rings is 1. The summed E-state index contributed by atoms with van der Waals surface area (Å²) in [5.74, 6) is 6.88. The van der Waals surface area contributed by atoms with E-state index in [4.69, 9.17) is 9.47 Å². The third-order valence-electron chi connectivity index (χ3n) is 6.04. The molecule has 5 rings (SSSR count). The smallest absolute Gasteiger partial charge is 0.249 e. The van der Waals surface area contributed by atoms with E-state index in [9.17, 15) is 4.39 Å². The fraction of sp³-hybridized carbons (Fsp3) is 0.250. The maximum Gasteiger partial charge on any atom is 0.249 e. The highest BCUT2D eigenvalue weighted by molar-refractivity contribution is 5.71. The number of hydrogen-bond donors (Lipinski definition) is 0. The molecule has 1 aliphatic heterocycles. The molecule has 0 N–H and O–H groups in total. The van der Waals surface area contributed by atoms with Crippen molar-refractivity contribution in [1.29, 1.82) is 0 Å². The minimum Gasteiger partial charge on any atom is -0.496 e. The van der Waals surface area contributed by atoms with Gasteiger partial charge in [-0.3, -0.25) is 4.90 Å². The SMILES string of the molecule is COc1ccccc1CN1CCC[C@H]1COc1nc2cccnc2nc1C#Cc1cccc(F)c1. The zero-order valence-electron chi connectivity index (χ0n) is 19.4. The second-order valence-electron chi connectivity index (χ2n) is 8.37. The Kier molecular flexibility index (Phi) is 6.82. The molecule has 176 valence electrons. The van der Waals surface area contributed by atoms with Crippen LogP contribution in [0.4, 0.5) is 4.39 Å². The average molecular weight is 469 g/mol. The summed E-state index contributed by atoms with van der Waals surface area (Å²) in [6, 6.07) is 18.1. The molecule has 2 aromatic carbocycles. The van der Waals surface area contributed by atoms with Gasteiger partial charge in [0, 0.05) is 29.9 Å². The fourth-order valence-electron chi connectivity index (χ4n) is 4.28. The number of para-hydroxylation sites is 1. The van der Waals surface area contributed by atoms with Crippen molar-refractivity contribution in [3.8, 4) is 23.5 Å². The average Bonchev–Trinajstić information content (AvgIpc) is 3.33. The number of halogens is 1. The van der Waals surface area contributed by atoms with E-state index in [2.05, 4.69) is 37.8 Å². The van der Waals surface area contributed by atoms with Crippen molar-refractivity contribution in [2.24, 2.45) is 0 Å². The van der Waals surface area contributed by atoms with E-state index in [1.54, 1.807) is 25.4 Å². The number of methoxy groups -OCH3 is 1. The number of ether oxygens (including phenoxy) is 2. The van der Waals surface area contributed by atoms with Crippen LogP contribution in [0.1, 0.15) is 29.7 Å². The molecule has 0 bridgehead atoms. The molecular weight excluding hydrogens is 443 g/mol. The molecule has 0 unspecified atom stereocenters. The van der Waals surface area contributed by atoms with Crippen LogP contribution in [-0.2, 0) is 6.54 Å².